The fourth-order valence-corrected chi connectivity index (χ4v) is 1.72. The third kappa shape index (κ3) is 3.75. The molecule has 0 radical (unpaired) electrons. The molecule has 19 heavy (non-hydrogen) atoms. The molecule has 1 heterocycles. The van der Waals surface area contributed by atoms with Crippen molar-refractivity contribution in [2.24, 2.45) is 0 Å². The van der Waals surface area contributed by atoms with Gasteiger partial charge in [-0.1, -0.05) is 6.07 Å². The maximum Gasteiger partial charge on any atom is 0.331 e. The van der Waals surface area contributed by atoms with Gasteiger partial charge in [-0.2, -0.15) is 0 Å². The Labute approximate surface area is 112 Å². The van der Waals surface area contributed by atoms with Gasteiger partial charge in [0.05, 0.1) is 13.7 Å². The molecule has 1 aromatic heterocycles. The van der Waals surface area contributed by atoms with Crippen molar-refractivity contribution in [3.8, 4) is 0 Å². The second-order valence-electron chi connectivity index (χ2n) is 3.80. The number of hydrogen-bond donors (Lipinski definition) is 0. The first-order valence-electron chi connectivity index (χ1n) is 5.94. The molecule has 0 saturated carbocycles. The van der Waals surface area contributed by atoms with Gasteiger partial charge >= 0.3 is 5.97 Å². The summed E-state index contributed by atoms with van der Waals surface area (Å²) in [5, 5.41) is 0. The molecule has 0 saturated heterocycles. The van der Waals surface area contributed by atoms with E-state index in [2.05, 4.69) is 4.98 Å². The first-order chi connectivity index (χ1) is 9.15. The number of carbonyl (C=O) groups excluding carboxylic acids is 2. The van der Waals surface area contributed by atoms with Crippen molar-refractivity contribution >= 4 is 11.9 Å². The minimum atomic E-state index is -0.769. The predicted molar refractivity (Wildman–Crippen MR) is 68.6 cm³/mol. The van der Waals surface area contributed by atoms with Gasteiger partial charge in [0.25, 0.3) is 5.91 Å². The van der Waals surface area contributed by atoms with Gasteiger partial charge in [-0.05, 0) is 19.1 Å². The number of amides is 1. The maximum absolute atomic E-state index is 12.3. The van der Waals surface area contributed by atoms with E-state index in [0.717, 1.165) is 0 Å². The van der Waals surface area contributed by atoms with Crippen molar-refractivity contribution in [1.82, 2.24) is 9.88 Å². The van der Waals surface area contributed by atoms with Gasteiger partial charge in [0, 0.05) is 19.9 Å². The lowest BCUT2D eigenvalue weighted by molar-refractivity contribution is -0.147. The highest BCUT2D eigenvalue weighted by molar-refractivity contribution is 5.95. The molecule has 1 atom stereocenters. The first-order valence-corrected chi connectivity index (χ1v) is 5.94. The van der Waals surface area contributed by atoms with Gasteiger partial charge in [-0.25, -0.2) is 4.79 Å². The van der Waals surface area contributed by atoms with E-state index in [-0.39, 0.29) is 18.2 Å². The molecule has 0 N–H and O–H groups in total. The molecular weight excluding hydrogens is 248 g/mol. The topological polar surface area (TPSA) is 68.7 Å². The van der Waals surface area contributed by atoms with Crippen molar-refractivity contribution in [3.05, 3.63) is 30.1 Å². The van der Waals surface area contributed by atoms with E-state index in [9.17, 15) is 9.59 Å². The molecule has 0 bridgehead atoms. The summed E-state index contributed by atoms with van der Waals surface area (Å²) in [5.74, 6) is -0.830. The van der Waals surface area contributed by atoms with Crippen LogP contribution in [0.1, 0.15) is 17.4 Å². The van der Waals surface area contributed by atoms with Crippen LogP contribution in [0.15, 0.2) is 24.4 Å². The fraction of sp³-hybridized carbons (Fsp3) is 0.462. The highest BCUT2D eigenvalue weighted by atomic mass is 16.5. The molecular formula is C13H18N2O4. The largest absolute Gasteiger partial charge is 0.467 e. The first kappa shape index (κ1) is 15.1. The quantitative estimate of drug-likeness (QED) is 0.710. The van der Waals surface area contributed by atoms with Crippen LogP contribution in [-0.2, 0) is 14.3 Å². The number of methoxy groups -OCH3 is 2. The number of hydrogen-bond acceptors (Lipinski definition) is 5. The van der Waals surface area contributed by atoms with Crippen LogP contribution in [0.4, 0.5) is 0 Å². The number of aromatic nitrogens is 1. The lowest BCUT2D eigenvalue weighted by Crippen LogP contribution is -2.48. The van der Waals surface area contributed by atoms with Gasteiger partial charge in [0.15, 0.2) is 6.04 Å². The van der Waals surface area contributed by atoms with E-state index in [1.807, 2.05) is 0 Å². The lowest BCUT2D eigenvalue weighted by atomic mass is 10.2. The van der Waals surface area contributed by atoms with Gasteiger partial charge in [-0.15, -0.1) is 0 Å². The number of carbonyl (C=O) groups is 2. The highest BCUT2D eigenvalue weighted by Crippen LogP contribution is 2.08. The van der Waals surface area contributed by atoms with E-state index in [4.69, 9.17) is 9.47 Å². The summed E-state index contributed by atoms with van der Waals surface area (Å²) in [7, 11) is 2.75. The molecule has 6 heteroatoms. The molecule has 1 unspecified atom stereocenters. The zero-order chi connectivity index (χ0) is 14.3. The molecule has 0 aliphatic heterocycles. The molecule has 0 spiro atoms. The number of ether oxygens (including phenoxy) is 2. The van der Waals surface area contributed by atoms with Crippen molar-refractivity contribution in [2.45, 2.75) is 13.0 Å². The third-order valence-electron chi connectivity index (χ3n) is 2.66. The zero-order valence-electron chi connectivity index (χ0n) is 11.3. The molecule has 0 fully saturated rings. The van der Waals surface area contributed by atoms with Crippen LogP contribution in [0, 0.1) is 0 Å². The standard InChI is InChI=1S/C13H18N2O4/c1-4-15(11(9-18-2)13(17)19-3)12(16)10-7-5-6-8-14-10/h5-8,11H,4,9H2,1-3H3. The average molecular weight is 266 g/mol. The average Bonchev–Trinajstić information content (AvgIpc) is 2.47. The van der Waals surface area contributed by atoms with E-state index in [1.165, 1.54) is 25.3 Å². The van der Waals surface area contributed by atoms with Crippen LogP contribution in [0.3, 0.4) is 0 Å². The van der Waals surface area contributed by atoms with Crippen LogP contribution in [0.5, 0.6) is 0 Å². The Morgan fingerprint density at radius 2 is 2.11 bits per heavy atom. The Bertz CT molecular complexity index is 422. The Morgan fingerprint density at radius 1 is 1.37 bits per heavy atom. The molecule has 0 aromatic carbocycles. The Hall–Kier alpha value is -1.95. The predicted octanol–water partition coefficient (Wildman–Crippen LogP) is 0.732. The number of likely N-dealkylation sites (N-methyl/N-ethyl adjacent to an activating group) is 1. The van der Waals surface area contributed by atoms with Crippen molar-refractivity contribution in [1.29, 1.82) is 0 Å². The lowest BCUT2D eigenvalue weighted by Gasteiger charge is -2.27. The Balaban J connectivity index is 2.96. The van der Waals surface area contributed by atoms with E-state index >= 15 is 0 Å². The fourth-order valence-electron chi connectivity index (χ4n) is 1.72. The summed E-state index contributed by atoms with van der Waals surface area (Å²) >= 11 is 0. The zero-order valence-corrected chi connectivity index (χ0v) is 11.3. The highest BCUT2D eigenvalue weighted by Gasteiger charge is 2.30. The third-order valence-corrected chi connectivity index (χ3v) is 2.66. The summed E-state index contributed by atoms with van der Waals surface area (Å²) in [6.07, 6.45) is 1.53. The Kier molecular flexibility index (Phi) is 5.95. The van der Waals surface area contributed by atoms with Crippen LogP contribution in [0.25, 0.3) is 0 Å². The number of pyridine rings is 1. The summed E-state index contributed by atoms with van der Waals surface area (Å²) in [4.78, 5) is 29.4. The second-order valence-corrected chi connectivity index (χ2v) is 3.80. The van der Waals surface area contributed by atoms with E-state index in [1.54, 1.807) is 25.1 Å². The summed E-state index contributed by atoms with van der Waals surface area (Å²) in [6, 6.07) is 4.28. The van der Waals surface area contributed by atoms with Gasteiger partial charge in [-0.3, -0.25) is 9.78 Å². The van der Waals surface area contributed by atoms with Crippen LogP contribution >= 0.6 is 0 Å². The molecule has 1 aromatic rings. The maximum atomic E-state index is 12.3. The summed E-state index contributed by atoms with van der Waals surface area (Å²) in [6.45, 7) is 2.23. The molecule has 104 valence electrons. The van der Waals surface area contributed by atoms with Crippen LogP contribution < -0.4 is 0 Å². The SMILES string of the molecule is CCN(C(=O)c1ccccn1)C(COC)C(=O)OC. The number of rotatable bonds is 6. The van der Waals surface area contributed by atoms with Crippen molar-refractivity contribution < 1.29 is 19.1 Å². The monoisotopic (exact) mass is 266 g/mol. The molecule has 0 aliphatic carbocycles. The summed E-state index contributed by atoms with van der Waals surface area (Å²) < 4.78 is 9.68. The van der Waals surface area contributed by atoms with Crippen molar-refractivity contribution in [2.75, 3.05) is 27.4 Å². The molecule has 0 aliphatic rings. The Morgan fingerprint density at radius 3 is 2.58 bits per heavy atom. The van der Waals surface area contributed by atoms with Crippen molar-refractivity contribution in [3.63, 3.8) is 0 Å². The molecule has 6 nitrogen and oxygen atoms in total. The minimum absolute atomic E-state index is 0.0824. The van der Waals surface area contributed by atoms with E-state index < -0.39 is 12.0 Å². The smallest absolute Gasteiger partial charge is 0.331 e. The minimum Gasteiger partial charge on any atom is -0.467 e. The van der Waals surface area contributed by atoms with Gasteiger partial charge in [0.2, 0.25) is 0 Å². The molecule has 1 rings (SSSR count). The van der Waals surface area contributed by atoms with Gasteiger partial charge in [0.1, 0.15) is 5.69 Å². The number of esters is 1. The van der Waals surface area contributed by atoms with Crippen LogP contribution in [-0.4, -0.2) is 55.2 Å². The van der Waals surface area contributed by atoms with Crippen LogP contribution in [0.2, 0.25) is 0 Å². The summed E-state index contributed by atoms with van der Waals surface area (Å²) in [5.41, 5.74) is 0.286. The number of nitrogens with zero attached hydrogens (tertiary/aromatic N) is 2. The van der Waals surface area contributed by atoms with Gasteiger partial charge < -0.3 is 14.4 Å². The molecule has 1 amide bonds. The second kappa shape index (κ2) is 7.48. The normalized spacial score (nSPS) is 11.7. The van der Waals surface area contributed by atoms with E-state index in [0.29, 0.717) is 6.54 Å².